The summed E-state index contributed by atoms with van der Waals surface area (Å²) < 4.78 is 11.0. The highest BCUT2D eigenvalue weighted by molar-refractivity contribution is 7.18. The predicted molar refractivity (Wildman–Crippen MR) is 74.1 cm³/mol. The van der Waals surface area contributed by atoms with Crippen molar-refractivity contribution < 1.29 is 9.47 Å². The first-order valence-corrected chi connectivity index (χ1v) is 7.09. The van der Waals surface area contributed by atoms with Crippen molar-refractivity contribution in [2.75, 3.05) is 25.2 Å². The number of hydrogen-bond donors (Lipinski definition) is 2. The van der Waals surface area contributed by atoms with Crippen molar-refractivity contribution in [3.05, 3.63) is 16.8 Å². The van der Waals surface area contributed by atoms with Gasteiger partial charge in [0, 0.05) is 4.88 Å². The second-order valence-electron chi connectivity index (χ2n) is 4.29. The number of anilines is 1. The lowest BCUT2D eigenvalue weighted by molar-refractivity contribution is -0.0933. The van der Waals surface area contributed by atoms with Crippen LogP contribution in [0.25, 0.3) is 10.2 Å². The number of nitrogen functional groups attached to an aromatic ring is 1. The van der Waals surface area contributed by atoms with Crippen LogP contribution in [0.4, 0.5) is 5.82 Å². The lowest BCUT2D eigenvalue weighted by atomic mass is 10.3. The highest BCUT2D eigenvalue weighted by Gasteiger charge is 2.22. The van der Waals surface area contributed by atoms with Gasteiger partial charge in [-0.1, -0.05) is 6.92 Å². The molecule has 0 bridgehead atoms. The molecule has 1 atom stereocenters. The fraction of sp³-hybridized carbons (Fsp3) is 0.500. The Bertz CT molecular complexity index is 580. The van der Waals surface area contributed by atoms with Gasteiger partial charge in [-0.25, -0.2) is 15.8 Å². The Morgan fingerprint density at radius 2 is 2.37 bits per heavy atom. The van der Waals surface area contributed by atoms with Gasteiger partial charge in [0.25, 0.3) is 0 Å². The highest BCUT2D eigenvalue weighted by Crippen LogP contribution is 2.31. The predicted octanol–water partition coefficient (Wildman–Crippen LogP) is 1.63. The number of nitrogens with zero attached hydrogens (tertiary/aromatic N) is 2. The van der Waals surface area contributed by atoms with Gasteiger partial charge in [-0.05, 0) is 12.5 Å². The Labute approximate surface area is 114 Å². The molecule has 2 aromatic heterocycles. The van der Waals surface area contributed by atoms with E-state index in [4.69, 9.17) is 15.3 Å². The van der Waals surface area contributed by atoms with E-state index in [0.717, 1.165) is 16.6 Å². The number of hydrogen-bond acceptors (Lipinski definition) is 7. The smallest absolute Gasteiger partial charge is 0.163 e. The Morgan fingerprint density at radius 1 is 1.47 bits per heavy atom. The standard InChI is InChI=1S/C12H16N4O2S/c1-2-7-5-8-10(16-13)14-11(15-12(8)19-7)9-6-17-3-4-18-9/h5,9H,2-4,6,13H2,1H3,(H,14,15,16). The first kappa shape index (κ1) is 12.7. The van der Waals surface area contributed by atoms with Gasteiger partial charge in [-0.15, -0.1) is 11.3 Å². The molecule has 1 aliphatic heterocycles. The van der Waals surface area contributed by atoms with Crippen LogP contribution in [0.15, 0.2) is 6.07 Å². The molecule has 3 rings (SSSR count). The molecule has 2 aromatic rings. The minimum absolute atomic E-state index is 0.211. The average molecular weight is 280 g/mol. The van der Waals surface area contributed by atoms with Gasteiger partial charge in [-0.3, -0.25) is 0 Å². The maximum Gasteiger partial charge on any atom is 0.163 e. The lowest BCUT2D eigenvalue weighted by Gasteiger charge is -2.21. The lowest BCUT2D eigenvalue weighted by Crippen LogP contribution is -2.24. The van der Waals surface area contributed by atoms with Crippen LogP contribution in [0.3, 0.4) is 0 Å². The number of fused-ring (bicyclic) bond motifs is 1. The Balaban J connectivity index is 2.05. The van der Waals surface area contributed by atoms with Crippen LogP contribution < -0.4 is 11.3 Å². The summed E-state index contributed by atoms with van der Waals surface area (Å²) in [6.45, 7) is 3.80. The van der Waals surface area contributed by atoms with E-state index < -0.39 is 0 Å². The summed E-state index contributed by atoms with van der Waals surface area (Å²) in [6, 6.07) is 2.08. The second-order valence-corrected chi connectivity index (χ2v) is 5.41. The van der Waals surface area contributed by atoms with Crippen LogP contribution in [0.1, 0.15) is 23.7 Å². The van der Waals surface area contributed by atoms with E-state index in [0.29, 0.717) is 31.5 Å². The summed E-state index contributed by atoms with van der Waals surface area (Å²) in [5, 5.41) is 0.963. The van der Waals surface area contributed by atoms with E-state index in [1.54, 1.807) is 11.3 Å². The van der Waals surface area contributed by atoms with Gasteiger partial charge in [0.15, 0.2) is 11.6 Å². The van der Waals surface area contributed by atoms with E-state index in [9.17, 15) is 0 Å². The van der Waals surface area contributed by atoms with Crippen LogP contribution in [-0.4, -0.2) is 29.8 Å². The third-order valence-electron chi connectivity index (χ3n) is 3.05. The van der Waals surface area contributed by atoms with Gasteiger partial charge in [0.2, 0.25) is 0 Å². The molecule has 3 heterocycles. The largest absolute Gasteiger partial charge is 0.376 e. The monoisotopic (exact) mass is 280 g/mol. The zero-order valence-electron chi connectivity index (χ0n) is 10.7. The Hall–Kier alpha value is -1.28. The van der Waals surface area contributed by atoms with Crippen molar-refractivity contribution in [1.29, 1.82) is 0 Å². The molecule has 0 aromatic carbocycles. The SMILES string of the molecule is CCc1cc2c(NN)nc(C3COCCO3)nc2s1. The molecule has 0 radical (unpaired) electrons. The van der Waals surface area contributed by atoms with Crippen LogP contribution in [0.2, 0.25) is 0 Å². The molecule has 1 unspecified atom stereocenters. The number of nitrogens with two attached hydrogens (primary N) is 1. The van der Waals surface area contributed by atoms with Gasteiger partial charge in [-0.2, -0.15) is 0 Å². The van der Waals surface area contributed by atoms with Crippen molar-refractivity contribution in [1.82, 2.24) is 9.97 Å². The number of ether oxygens (including phenoxy) is 2. The van der Waals surface area contributed by atoms with Crippen molar-refractivity contribution in [2.24, 2.45) is 5.84 Å². The fourth-order valence-corrected chi connectivity index (χ4v) is 3.03. The van der Waals surface area contributed by atoms with Crippen LogP contribution in [0.5, 0.6) is 0 Å². The number of aryl methyl sites for hydroxylation is 1. The minimum Gasteiger partial charge on any atom is -0.376 e. The normalized spacial score (nSPS) is 19.8. The third kappa shape index (κ3) is 2.42. The molecule has 7 heteroatoms. The van der Waals surface area contributed by atoms with E-state index in [1.165, 1.54) is 4.88 Å². The summed E-state index contributed by atoms with van der Waals surface area (Å²) in [5.41, 5.74) is 2.65. The first-order chi connectivity index (χ1) is 9.31. The third-order valence-corrected chi connectivity index (χ3v) is 4.22. The van der Waals surface area contributed by atoms with Crippen molar-refractivity contribution >= 4 is 27.4 Å². The molecular formula is C12H16N4O2S. The molecule has 0 saturated carbocycles. The maximum absolute atomic E-state index is 5.63. The molecular weight excluding hydrogens is 264 g/mol. The van der Waals surface area contributed by atoms with Gasteiger partial charge < -0.3 is 14.9 Å². The molecule has 1 fully saturated rings. The molecule has 0 amide bonds. The number of nitrogens with one attached hydrogen (secondary N) is 1. The summed E-state index contributed by atoms with van der Waals surface area (Å²) in [4.78, 5) is 11.2. The maximum atomic E-state index is 5.63. The van der Waals surface area contributed by atoms with Gasteiger partial charge in [0.1, 0.15) is 10.9 Å². The molecule has 0 aliphatic carbocycles. The quantitative estimate of drug-likeness (QED) is 0.657. The van der Waals surface area contributed by atoms with Crippen molar-refractivity contribution in [3.8, 4) is 0 Å². The Kier molecular flexibility index (Phi) is 3.61. The molecule has 102 valence electrons. The number of rotatable bonds is 3. The van der Waals surface area contributed by atoms with E-state index in [-0.39, 0.29) is 6.10 Å². The van der Waals surface area contributed by atoms with Gasteiger partial charge in [0.05, 0.1) is 25.2 Å². The van der Waals surface area contributed by atoms with E-state index >= 15 is 0 Å². The Morgan fingerprint density at radius 3 is 3.05 bits per heavy atom. The summed E-state index contributed by atoms with van der Waals surface area (Å²) in [7, 11) is 0. The number of aromatic nitrogens is 2. The molecule has 1 aliphatic rings. The van der Waals surface area contributed by atoms with Crippen LogP contribution in [-0.2, 0) is 15.9 Å². The second kappa shape index (κ2) is 5.38. The first-order valence-electron chi connectivity index (χ1n) is 6.28. The fourth-order valence-electron chi connectivity index (χ4n) is 2.05. The number of hydrazine groups is 1. The topological polar surface area (TPSA) is 82.3 Å². The zero-order valence-corrected chi connectivity index (χ0v) is 11.5. The summed E-state index contributed by atoms with van der Waals surface area (Å²) in [5.74, 6) is 6.83. The molecule has 1 saturated heterocycles. The van der Waals surface area contributed by atoms with E-state index in [1.807, 2.05) is 0 Å². The summed E-state index contributed by atoms with van der Waals surface area (Å²) >= 11 is 1.66. The average Bonchev–Trinajstić information content (AvgIpc) is 2.90. The van der Waals surface area contributed by atoms with Crippen molar-refractivity contribution in [3.63, 3.8) is 0 Å². The summed E-state index contributed by atoms with van der Waals surface area (Å²) in [6.07, 6.45) is 0.765. The highest BCUT2D eigenvalue weighted by atomic mass is 32.1. The van der Waals surface area contributed by atoms with Crippen molar-refractivity contribution in [2.45, 2.75) is 19.4 Å². The zero-order chi connectivity index (χ0) is 13.2. The van der Waals surface area contributed by atoms with Gasteiger partial charge >= 0.3 is 0 Å². The molecule has 19 heavy (non-hydrogen) atoms. The molecule has 6 nitrogen and oxygen atoms in total. The minimum atomic E-state index is -0.211. The molecule has 3 N–H and O–H groups in total. The van der Waals surface area contributed by atoms with Crippen LogP contribution in [0, 0.1) is 0 Å². The molecule has 0 spiro atoms. The van der Waals surface area contributed by atoms with E-state index in [2.05, 4.69) is 28.4 Å². The van der Waals surface area contributed by atoms with Crippen LogP contribution >= 0.6 is 11.3 Å². The number of thiophene rings is 1.